The monoisotopic (exact) mass is 468 g/mol. The minimum absolute atomic E-state index is 0.163. The van der Waals surface area contributed by atoms with E-state index >= 15 is 0 Å². The second kappa shape index (κ2) is 9.33. The normalized spacial score (nSPS) is 11.2. The molecule has 1 N–H and O–H groups in total. The van der Waals surface area contributed by atoms with Crippen molar-refractivity contribution in [2.24, 2.45) is 0 Å². The Morgan fingerprint density at radius 2 is 1.64 bits per heavy atom. The zero-order chi connectivity index (χ0) is 23.4. The van der Waals surface area contributed by atoms with Crippen molar-refractivity contribution in [2.45, 2.75) is 5.75 Å². The van der Waals surface area contributed by atoms with Crippen LogP contribution in [0.3, 0.4) is 0 Å². The number of fused-ring (bicyclic) bond motifs is 1. The molecular formula is C24H21FN2O5S. The van der Waals surface area contributed by atoms with Crippen LogP contribution in [0, 0.1) is 5.82 Å². The first kappa shape index (κ1) is 22.3. The molecule has 0 amide bonds. The van der Waals surface area contributed by atoms with Gasteiger partial charge in [0.2, 0.25) is 10.0 Å². The van der Waals surface area contributed by atoms with Gasteiger partial charge in [-0.15, -0.1) is 0 Å². The van der Waals surface area contributed by atoms with Crippen molar-refractivity contribution in [3.8, 4) is 23.0 Å². The average Bonchev–Trinajstić information content (AvgIpc) is 2.80. The zero-order valence-electron chi connectivity index (χ0n) is 17.9. The molecule has 0 bridgehead atoms. The molecule has 0 saturated heterocycles. The van der Waals surface area contributed by atoms with Crippen LogP contribution < -0.4 is 18.9 Å². The van der Waals surface area contributed by atoms with Gasteiger partial charge in [-0.3, -0.25) is 9.71 Å². The van der Waals surface area contributed by atoms with Crippen molar-refractivity contribution in [1.82, 2.24) is 4.98 Å². The summed E-state index contributed by atoms with van der Waals surface area (Å²) in [5.74, 6) is 0.616. The summed E-state index contributed by atoms with van der Waals surface area (Å²) in [5.41, 5.74) is 1.04. The molecule has 0 fully saturated rings. The van der Waals surface area contributed by atoms with Gasteiger partial charge < -0.3 is 14.2 Å². The van der Waals surface area contributed by atoms with E-state index in [-0.39, 0.29) is 17.2 Å². The van der Waals surface area contributed by atoms with Crippen molar-refractivity contribution in [2.75, 3.05) is 18.9 Å². The smallest absolute Gasteiger partial charge is 0.237 e. The molecular weight excluding hydrogens is 447 g/mol. The number of hydrogen-bond donors (Lipinski definition) is 1. The number of aromatic nitrogens is 1. The van der Waals surface area contributed by atoms with E-state index in [2.05, 4.69) is 9.71 Å². The third-order valence-corrected chi connectivity index (χ3v) is 6.08. The summed E-state index contributed by atoms with van der Waals surface area (Å²) in [6, 6.07) is 17.7. The van der Waals surface area contributed by atoms with Gasteiger partial charge in [-0.1, -0.05) is 30.3 Å². The van der Waals surface area contributed by atoms with Crippen LogP contribution in [0.5, 0.6) is 23.0 Å². The fourth-order valence-electron chi connectivity index (χ4n) is 3.30. The summed E-state index contributed by atoms with van der Waals surface area (Å²) >= 11 is 0. The lowest BCUT2D eigenvalue weighted by Gasteiger charge is -2.13. The largest absolute Gasteiger partial charge is 0.493 e. The predicted molar refractivity (Wildman–Crippen MR) is 124 cm³/mol. The molecule has 4 rings (SSSR count). The minimum atomic E-state index is -3.79. The molecule has 170 valence electrons. The number of anilines is 1. The molecule has 0 atom stereocenters. The number of sulfonamides is 1. The van der Waals surface area contributed by atoms with E-state index < -0.39 is 15.8 Å². The van der Waals surface area contributed by atoms with E-state index in [1.165, 1.54) is 26.4 Å². The maximum absolute atomic E-state index is 14.7. The quantitative estimate of drug-likeness (QED) is 0.386. The second-order valence-corrected chi connectivity index (χ2v) is 8.85. The lowest BCUT2D eigenvalue weighted by atomic mass is 10.2. The van der Waals surface area contributed by atoms with Gasteiger partial charge in [0, 0.05) is 23.7 Å². The van der Waals surface area contributed by atoms with Crippen LogP contribution in [-0.4, -0.2) is 27.6 Å². The lowest BCUT2D eigenvalue weighted by molar-refractivity contribution is 0.355. The topological polar surface area (TPSA) is 86.8 Å². The molecule has 9 heteroatoms. The number of methoxy groups -OCH3 is 2. The fourth-order valence-corrected chi connectivity index (χ4v) is 4.51. The lowest BCUT2D eigenvalue weighted by Crippen LogP contribution is -2.16. The first-order chi connectivity index (χ1) is 15.9. The fraction of sp³-hybridized carbons (Fsp3) is 0.125. The molecule has 0 radical (unpaired) electrons. The molecule has 33 heavy (non-hydrogen) atoms. The van der Waals surface area contributed by atoms with E-state index in [1.807, 2.05) is 0 Å². The summed E-state index contributed by atoms with van der Waals surface area (Å²) < 4.78 is 58.3. The first-order valence-corrected chi connectivity index (χ1v) is 11.6. The maximum Gasteiger partial charge on any atom is 0.237 e. The van der Waals surface area contributed by atoms with Crippen LogP contribution in [0.4, 0.5) is 10.1 Å². The molecule has 1 aromatic heterocycles. The van der Waals surface area contributed by atoms with E-state index in [4.69, 9.17) is 14.2 Å². The number of halogens is 1. The van der Waals surface area contributed by atoms with Crippen LogP contribution in [0.15, 0.2) is 72.9 Å². The Balaban J connectivity index is 1.57. The highest BCUT2D eigenvalue weighted by Crippen LogP contribution is 2.37. The van der Waals surface area contributed by atoms with Crippen molar-refractivity contribution in [1.29, 1.82) is 0 Å². The number of nitrogens with one attached hydrogen (secondary N) is 1. The SMILES string of the molecule is COc1cc2nccc(Oc3ccc(NS(=O)(=O)Cc4ccccc4)c(F)c3)c2cc1OC. The van der Waals surface area contributed by atoms with Gasteiger partial charge in [0.25, 0.3) is 0 Å². The third-order valence-electron chi connectivity index (χ3n) is 4.84. The van der Waals surface area contributed by atoms with E-state index in [0.717, 1.165) is 6.07 Å². The number of hydrogen-bond acceptors (Lipinski definition) is 6. The Hall–Kier alpha value is -3.85. The zero-order valence-corrected chi connectivity index (χ0v) is 18.7. The van der Waals surface area contributed by atoms with Crippen molar-refractivity contribution in [3.05, 3.63) is 84.3 Å². The van der Waals surface area contributed by atoms with Gasteiger partial charge >= 0.3 is 0 Å². The van der Waals surface area contributed by atoms with Crippen LogP contribution in [0.1, 0.15) is 5.56 Å². The Kier molecular flexibility index (Phi) is 6.32. The van der Waals surface area contributed by atoms with Gasteiger partial charge in [0.15, 0.2) is 17.3 Å². The Bertz CT molecular complexity index is 1400. The third kappa shape index (κ3) is 5.15. The number of ether oxygens (including phenoxy) is 3. The van der Waals surface area contributed by atoms with Gasteiger partial charge in [0.05, 0.1) is 31.2 Å². The van der Waals surface area contributed by atoms with E-state index in [0.29, 0.717) is 33.7 Å². The maximum atomic E-state index is 14.7. The van der Waals surface area contributed by atoms with Crippen molar-refractivity contribution < 1.29 is 27.0 Å². The van der Waals surface area contributed by atoms with Gasteiger partial charge in [0.1, 0.15) is 11.5 Å². The molecule has 4 aromatic rings. The summed E-state index contributed by atoms with van der Waals surface area (Å²) in [7, 11) is -0.738. The summed E-state index contributed by atoms with van der Waals surface area (Å²) in [5, 5.41) is 0.642. The minimum Gasteiger partial charge on any atom is -0.493 e. The van der Waals surface area contributed by atoms with Crippen LogP contribution in [0.25, 0.3) is 10.9 Å². The molecule has 0 saturated carbocycles. The average molecular weight is 469 g/mol. The molecule has 0 aliphatic carbocycles. The number of pyridine rings is 1. The number of nitrogens with zero attached hydrogens (tertiary/aromatic N) is 1. The van der Waals surface area contributed by atoms with Crippen LogP contribution in [0.2, 0.25) is 0 Å². The van der Waals surface area contributed by atoms with Crippen molar-refractivity contribution in [3.63, 3.8) is 0 Å². The van der Waals surface area contributed by atoms with Crippen LogP contribution in [-0.2, 0) is 15.8 Å². The van der Waals surface area contributed by atoms with Gasteiger partial charge in [-0.2, -0.15) is 0 Å². The van der Waals surface area contributed by atoms with Crippen molar-refractivity contribution >= 4 is 26.6 Å². The Morgan fingerprint density at radius 1 is 0.909 bits per heavy atom. The molecule has 3 aromatic carbocycles. The highest BCUT2D eigenvalue weighted by Gasteiger charge is 2.16. The van der Waals surface area contributed by atoms with Gasteiger partial charge in [-0.25, -0.2) is 12.8 Å². The standard InChI is InChI=1S/C24H21FN2O5S/c1-30-23-13-18-21(14-24(23)31-2)26-11-10-22(18)32-17-8-9-20(19(25)12-17)27-33(28,29)15-16-6-4-3-5-7-16/h3-14,27H,15H2,1-2H3. The Morgan fingerprint density at radius 3 is 2.33 bits per heavy atom. The second-order valence-electron chi connectivity index (χ2n) is 7.12. The van der Waals surface area contributed by atoms with Gasteiger partial charge in [-0.05, 0) is 29.8 Å². The Labute approximate surface area is 190 Å². The number of benzene rings is 3. The predicted octanol–water partition coefficient (Wildman–Crippen LogP) is 5.13. The molecule has 7 nitrogen and oxygen atoms in total. The molecule has 0 spiro atoms. The number of rotatable bonds is 8. The summed E-state index contributed by atoms with van der Waals surface area (Å²) in [4.78, 5) is 4.31. The highest BCUT2D eigenvalue weighted by atomic mass is 32.2. The molecule has 0 aliphatic rings. The highest BCUT2D eigenvalue weighted by molar-refractivity contribution is 7.91. The molecule has 1 heterocycles. The van der Waals surface area contributed by atoms with E-state index in [1.54, 1.807) is 54.7 Å². The summed E-state index contributed by atoms with van der Waals surface area (Å²) in [6.07, 6.45) is 1.56. The molecule has 0 aliphatic heterocycles. The summed E-state index contributed by atoms with van der Waals surface area (Å²) in [6.45, 7) is 0. The van der Waals surface area contributed by atoms with Crippen LogP contribution >= 0.6 is 0 Å². The molecule has 0 unspecified atom stereocenters. The van der Waals surface area contributed by atoms with E-state index in [9.17, 15) is 12.8 Å². The first-order valence-electron chi connectivity index (χ1n) is 9.91.